The second-order valence-electron chi connectivity index (χ2n) is 3.05. The summed E-state index contributed by atoms with van der Waals surface area (Å²) in [5.41, 5.74) is 0.788. The van der Waals surface area contributed by atoms with Crippen LogP contribution < -0.4 is 6.15 Å². The van der Waals surface area contributed by atoms with Gasteiger partial charge in [0.2, 0.25) is 0 Å². The van der Waals surface area contributed by atoms with Crippen molar-refractivity contribution in [1.82, 2.24) is 11.1 Å². The van der Waals surface area contributed by atoms with Gasteiger partial charge in [0.25, 0.3) is 0 Å². The number of quaternary nitrogens is 1. The zero-order chi connectivity index (χ0) is 11.4. The molecule has 1 unspecified atom stereocenters. The number of carboxylic acids is 1. The molecule has 1 aromatic heterocycles. The maximum Gasteiger partial charge on any atom is 0.357 e. The summed E-state index contributed by atoms with van der Waals surface area (Å²) >= 11 is 0. The van der Waals surface area contributed by atoms with Gasteiger partial charge in [-0.3, -0.25) is 0 Å². The molecular formula is C10H15N2O4+. The van der Waals surface area contributed by atoms with Gasteiger partial charge in [0.15, 0.2) is 6.10 Å². The molecule has 1 heterocycles. The third kappa shape index (κ3) is 3.66. The lowest BCUT2D eigenvalue weighted by atomic mass is 10.3. The van der Waals surface area contributed by atoms with Crippen LogP contribution >= 0.6 is 0 Å². The van der Waals surface area contributed by atoms with Crippen LogP contribution in [0.4, 0.5) is 0 Å². The summed E-state index contributed by atoms with van der Waals surface area (Å²) in [7, 11) is 0. The van der Waals surface area contributed by atoms with Crippen molar-refractivity contribution in [3.63, 3.8) is 0 Å². The number of carboxylic acid groups (broad SMARTS) is 1. The topological polar surface area (TPSA) is 113 Å². The fourth-order valence-corrected chi connectivity index (χ4v) is 0.928. The Bertz CT molecular complexity index is 392. The molecule has 1 rings (SSSR count). The lowest BCUT2D eigenvalue weighted by molar-refractivity contribution is -0.146. The van der Waals surface area contributed by atoms with E-state index >= 15 is 0 Å². The minimum absolute atomic E-state index is 0. The Hall–Kier alpha value is -1.95. The van der Waals surface area contributed by atoms with Crippen molar-refractivity contribution in [2.75, 3.05) is 0 Å². The quantitative estimate of drug-likeness (QED) is 0.757. The summed E-state index contributed by atoms with van der Waals surface area (Å²) in [6.07, 6.45) is -1.17. The Morgan fingerprint density at radius 3 is 2.56 bits per heavy atom. The first-order valence-electron chi connectivity index (χ1n) is 4.38. The van der Waals surface area contributed by atoms with Crippen molar-refractivity contribution < 1.29 is 19.4 Å². The Morgan fingerprint density at radius 2 is 2.06 bits per heavy atom. The number of esters is 1. The first kappa shape index (κ1) is 14.1. The standard InChI is InChI=1S/C10H11NO4.H3N/c1-6-4-3-5-8(11-6)10(14)15-7(2)9(12)13;/h3-5,7H,1-2H3,(H,12,13);1H3/p+1. The molecule has 0 saturated carbocycles. The lowest BCUT2D eigenvalue weighted by Crippen LogP contribution is -2.24. The maximum absolute atomic E-state index is 11.4. The number of nitrogens with zero attached hydrogens (tertiary/aromatic N) is 1. The van der Waals surface area contributed by atoms with E-state index in [1.54, 1.807) is 19.1 Å². The van der Waals surface area contributed by atoms with Gasteiger partial charge in [-0.05, 0) is 26.0 Å². The van der Waals surface area contributed by atoms with Gasteiger partial charge in [-0.2, -0.15) is 0 Å². The summed E-state index contributed by atoms with van der Waals surface area (Å²) in [5.74, 6) is -1.91. The molecule has 0 saturated heterocycles. The highest BCUT2D eigenvalue weighted by molar-refractivity contribution is 5.89. The monoisotopic (exact) mass is 227 g/mol. The fraction of sp³-hybridized carbons (Fsp3) is 0.300. The molecule has 0 aliphatic rings. The number of pyridine rings is 1. The van der Waals surface area contributed by atoms with Crippen LogP contribution in [0.5, 0.6) is 0 Å². The molecule has 0 aromatic carbocycles. The molecule has 1 aromatic rings. The number of aliphatic carboxylic acids is 1. The number of carbonyl (C=O) groups is 2. The van der Waals surface area contributed by atoms with Gasteiger partial charge >= 0.3 is 11.9 Å². The largest absolute Gasteiger partial charge is 0.479 e. The van der Waals surface area contributed by atoms with E-state index in [1.807, 2.05) is 0 Å². The van der Waals surface area contributed by atoms with Crippen molar-refractivity contribution in [3.8, 4) is 0 Å². The van der Waals surface area contributed by atoms with Crippen LogP contribution in [0.15, 0.2) is 18.2 Å². The average Bonchev–Trinajstić information content (AvgIpc) is 2.17. The second-order valence-corrected chi connectivity index (χ2v) is 3.05. The van der Waals surface area contributed by atoms with Crippen molar-refractivity contribution in [2.45, 2.75) is 20.0 Å². The van der Waals surface area contributed by atoms with E-state index in [2.05, 4.69) is 9.72 Å². The Morgan fingerprint density at radius 1 is 1.44 bits per heavy atom. The molecule has 0 fully saturated rings. The highest BCUT2D eigenvalue weighted by Gasteiger charge is 2.18. The molecule has 1 atom stereocenters. The molecule has 6 heteroatoms. The molecule has 0 radical (unpaired) electrons. The minimum atomic E-state index is -1.18. The third-order valence-corrected chi connectivity index (χ3v) is 1.73. The second kappa shape index (κ2) is 5.82. The molecular weight excluding hydrogens is 212 g/mol. The Balaban J connectivity index is 0.00000225. The van der Waals surface area contributed by atoms with Gasteiger partial charge in [-0.25, -0.2) is 14.6 Å². The molecule has 6 nitrogen and oxygen atoms in total. The molecule has 0 amide bonds. The Kier molecular flexibility index (Phi) is 5.11. The number of rotatable bonds is 3. The summed E-state index contributed by atoms with van der Waals surface area (Å²) < 4.78 is 4.65. The molecule has 0 bridgehead atoms. The number of ether oxygens (including phenoxy) is 1. The van der Waals surface area contributed by atoms with Crippen molar-refractivity contribution >= 4 is 11.9 Å². The van der Waals surface area contributed by atoms with Crippen LogP contribution in [0, 0.1) is 6.92 Å². The molecule has 0 aliphatic carbocycles. The van der Waals surface area contributed by atoms with Crippen LogP contribution in [0.1, 0.15) is 23.1 Å². The van der Waals surface area contributed by atoms with Crippen molar-refractivity contribution in [1.29, 1.82) is 0 Å². The Labute approximate surface area is 92.8 Å². The van der Waals surface area contributed by atoms with Crippen LogP contribution in [0.3, 0.4) is 0 Å². The van der Waals surface area contributed by atoms with Gasteiger partial charge in [0.05, 0.1) is 0 Å². The summed E-state index contributed by atoms with van der Waals surface area (Å²) in [6, 6.07) is 4.87. The molecule has 88 valence electrons. The van der Waals surface area contributed by atoms with Crippen LogP contribution in [-0.4, -0.2) is 28.1 Å². The predicted octanol–water partition coefficient (Wildman–Crippen LogP) is 1.40. The van der Waals surface area contributed by atoms with Crippen molar-refractivity contribution in [2.24, 2.45) is 0 Å². The van der Waals surface area contributed by atoms with E-state index in [0.717, 1.165) is 0 Å². The number of carbonyl (C=O) groups excluding carboxylic acids is 1. The van der Waals surface area contributed by atoms with E-state index in [1.165, 1.54) is 13.0 Å². The summed E-state index contributed by atoms with van der Waals surface area (Å²) in [5, 5.41) is 8.53. The van der Waals surface area contributed by atoms with Gasteiger partial charge in [-0.15, -0.1) is 0 Å². The zero-order valence-electron chi connectivity index (χ0n) is 9.43. The number of hydrogen-bond donors (Lipinski definition) is 2. The molecule has 0 aliphatic heterocycles. The smallest absolute Gasteiger partial charge is 0.357 e. The fourth-order valence-electron chi connectivity index (χ4n) is 0.928. The van der Waals surface area contributed by atoms with E-state index in [-0.39, 0.29) is 11.8 Å². The van der Waals surface area contributed by atoms with E-state index in [4.69, 9.17) is 5.11 Å². The zero-order valence-corrected chi connectivity index (χ0v) is 9.43. The average molecular weight is 227 g/mol. The van der Waals surface area contributed by atoms with E-state index < -0.39 is 18.0 Å². The minimum Gasteiger partial charge on any atom is -0.479 e. The van der Waals surface area contributed by atoms with Gasteiger partial charge in [0.1, 0.15) is 5.69 Å². The van der Waals surface area contributed by atoms with Gasteiger partial charge in [0, 0.05) is 5.69 Å². The highest BCUT2D eigenvalue weighted by atomic mass is 16.6. The number of hydrogen-bond acceptors (Lipinski definition) is 4. The first-order valence-corrected chi connectivity index (χ1v) is 4.38. The lowest BCUT2D eigenvalue weighted by Gasteiger charge is -2.07. The third-order valence-electron chi connectivity index (χ3n) is 1.73. The van der Waals surface area contributed by atoms with Gasteiger partial charge < -0.3 is 16.0 Å². The SMILES string of the molecule is Cc1cccc(C(=O)OC(C)C(=O)O)n1.[NH4+]. The maximum atomic E-state index is 11.4. The van der Waals surface area contributed by atoms with Crippen LogP contribution in [-0.2, 0) is 9.53 Å². The van der Waals surface area contributed by atoms with Crippen LogP contribution in [0.2, 0.25) is 0 Å². The molecule has 5 N–H and O–H groups in total. The number of aryl methyl sites for hydroxylation is 1. The normalized spacial score (nSPS) is 11.1. The predicted molar refractivity (Wildman–Crippen MR) is 57.5 cm³/mol. The van der Waals surface area contributed by atoms with E-state index in [0.29, 0.717) is 5.69 Å². The van der Waals surface area contributed by atoms with Crippen LogP contribution in [0.25, 0.3) is 0 Å². The number of aromatic nitrogens is 1. The van der Waals surface area contributed by atoms with E-state index in [9.17, 15) is 9.59 Å². The molecule has 0 spiro atoms. The molecule has 16 heavy (non-hydrogen) atoms. The highest BCUT2D eigenvalue weighted by Crippen LogP contribution is 2.02. The summed E-state index contributed by atoms with van der Waals surface area (Å²) in [6.45, 7) is 3.02. The van der Waals surface area contributed by atoms with Crippen molar-refractivity contribution in [3.05, 3.63) is 29.6 Å². The summed E-state index contributed by atoms with van der Waals surface area (Å²) in [4.78, 5) is 25.7. The first-order chi connectivity index (χ1) is 7.00. The van der Waals surface area contributed by atoms with Gasteiger partial charge in [-0.1, -0.05) is 6.07 Å².